The van der Waals surface area contributed by atoms with E-state index in [1.165, 1.54) is 0 Å². The van der Waals surface area contributed by atoms with Crippen molar-refractivity contribution in [2.75, 3.05) is 5.73 Å². The molecule has 0 saturated heterocycles. The molecule has 1 aromatic rings. The van der Waals surface area contributed by atoms with Crippen LogP contribution in [0.5, 0.6) is 0 Å². The van der Waals surface area contributed by atoms with E-state index in [1.54, 1.807) is 23.2 Å². The number of pyridine rings is 1. The molecule has 0 atom stereocenters. The smallest absolute Gasteiger partial charge is 0.188 e. The number of hydrogen-bond donors (Lipinski definition) is 3. The second-order valence-electron chi connectivity index (χ2n) is 4.27. The first kappa shape index (κ1) is 10.7. The van der Waals surface area contributed by atoms with E-state index >= 15 is 0 Å². The highest BCUT2D eigenvalue weighted by Gasteiger charge is 2.44. The van der Waals surface area contributed by atoms with Crippen LogP contribution >= 0.6 is 0 Å². The zero-order valence-electron chi connectivity index (χ0n) is 9.22. The highest BCUT2D eigenvalue weighted by atomic mass is 15.5. The lowest BCUT2D eigenvalue weighted by Gasteiger charge is -2.26. The number of hydrogen-bond acceptors (Lipinski definition) is 5. The van der Waals surface area contributed by atoms with Crippen molar-refractivity contribution in [3.8, 4) is 0 Å². The molecule has 0 unspecified atom stereocenters. The summed E-state index contributed by atoms with van der Waals surface area (Å²) in [6.45, 7) is 2.06. The largest absolute Gasteiger partial charge is 0.384 e. The number of aromatic nitrogens is 1. The summed E-state index contributed by atoms with van der Waals surface area (Å²) < 4.78 is 0. The lowest BCUT2D eigenvalue weighted by molar-refractivity contribution is 0.320. The van der Waals surface area contributed by atoms with Crippen molar-refractivity contribution in [3.05, 3.63) is 23.9 Å². The van der Waals surface area contributed by atoms with Crippen molar-refractivity contribution in [2.24, 2.45) is 16.8 Å². The summed E-state index contributed by atoms with van der Waals surface area (Å²) in [5.74, 6) is 12.2. The van der Waals surface area contributed by atoms with Crippen LogP contribution in [-0.2, 0) is 0 Å². The SMILES string of the molecule is CC1(N(N)/C(=N\N)c2cccc(N)n2)CC1. The predicted octanol–water partition coefficient (Wildman–Crippen LogP) is 0.0123. The van der Waals surface area contributed by atoms with E-state index in [2.05, 4.69) is 17.0 Å². The molecule has 6 nitrogen and oxygen atoms in total. The highest BCUT2D eigenvalue weighted by molar-refractivity contribution is 5.97. The zero-order valence-corrected chi connectivity index (χ0v) is 9.22. The van der Waals surface area contributed by atoms with Crippen LogP contribution in [-0.4, -0.2) is 21.4 Å². The lowest BCUT2D eigenvalue weighted by atomic mass is 10.2. The normalized spacial score (nSPS) is 18.2. The Balaban J connectivity index is 2.30. The van der Waals surface area contributed by atoms with E-state index in [0.717, 1.165) is 12.8 Å². The number of anilines is 1. The molecule has 0 spiro atoms. The Kier molecular flexibility index (Phi) is 2.43. The van der Waals surface area contributed by atoms with E-state index < -0.39 is 0 Å². The minimum atomic E-state index is -0.0511. The fourth-order valence-electron chi connectivity index (χ4n) is 1.51. The number of hydrazine groups is 1. The van der Waals surface area contributed by atoms with Crippen molar-refractivity contribution in [2.45, 2.75) is 25.3 Å². The number of hydrazone groups is 1. The van der Waals surface area contributed by atoms with Gasteiger partial charge in [0, 0.05) is 0 Å². The topological polar surface area (TPSA) is 107 Å². The maximum absolute atomic E-state index is 5.99. The molecule has 86 valence electrons. The molecule has 16 heavy (non-hydrogen) atoms. The first-order valence-electron chi connectivity index (χ1n) is 5.12. The summed E-state index contributed by atoms with van der Waals surface area (Å²) in [5.41, 5.74) is 6.15. The molecule has 0 aromatic carbocycles. The fraction of sp³-hybridized carbons (Fsp3) is 0.400. The van der Waals surface area contributed by atoms with Crippen LogP contribution in [0, 0.1) is 0 Å². The molecule has 1 aromatic heterocycles. The molecule has 1 heterocycles. The molecular weight excluding hydrogens is 204 g/mol. The highest BCUT2D eigenvalue weighted by Crippen LogP contribution is 2.39. The molecule has 1 aliphatic rings. The van der Waals surface area contributed by atoms with Crippen molar-refractivity contribution in [3.63, 3.8) is 0 Å². The van der Waals surface area contributed by atoms with Crippen molar-refractivity contribution in [1.29, 1.82) is 0 Å². The van der Waals surface area contributed by atoms with Crippen LogP contribution in [0.3, 0.4) is 0 Å². The molecule has 1 saturated carbocycles. The molecule has 0 aliphatic heterocycles. The van der Waals surface area contributed by atoms with Crippen molar-refractivity contribution < 1.29 is 0 Å². The first-order valence-corrected chi connectivity index (χ1v) is 5.12. The monoisotopic (exact) mass is 220 g/mol. The molecule has 1 aliphatic carbocycles. The van der Waals surface area contributed by atoms with Gasteiger partial charge in [-0.1, -0.05) is 6.07 Å². The Labute approximate surface area is 94.1 Å². The number of nitrogens with two attached hydrogens (primary N) is 3. The second-order valence-corrected chi connectivity index (χ2v) is 4.27. The van der Waals surface area contributed by atoms with Gasteiger partial charge in [0.15, 0.2) is 5.84 Å². The van der Waals surface area contributed by atoms with Gasteiger partial charge in [0.1, 0.15) is 11.5 Å². The summed E-state index contributed by atoms with van der Waals surface area (Å²) in [6.07, 6.45) is 2.07. The maximum atomic E-state index is 5.99. The van der Waals surface area contributed by atoms with E-state index in [-0.39, 0.29) is 5.54 Å². The van der Waals surface area contributed by atoms with Gasteiger partial charge < -0.3 is 11.6 Å². The third-order valence-electron chi connectivity index (χ3n) is 2.91. The van der Waals surface area contributed by atoms with Gasteiger partial charge in [0.05, 0.1) is 5.54 Å². The number of amidine groups is 1. The quantitative estimate of drug-likeness (QED) is 0.282. The van der Waals surface area contributed by atoms with Crippen LogP contribution in [0.2, 0.25) is 0 Å². The Morgan fingerprint density at radius 1 is 1.50 bits per heavy atom. The van der Waals surface area contributed by atoms with E-state index in [1.807, 2.05) is 0 Å². The third kappa shape index (κ3) is 1.79. The van der Waals surface area contributed by atoms with Crippen LogP contribution in [0.4, 0.5) is 5.82 Å². The Bertz CT molecular complexity index is 423. The van der Waals surface area contributed by atoms with E-state index in [9.17, 15) is 0 Å². The number of nitrogens with zero attached hydrogens (tertiary/aromatic N) is 3. The molecule has 0 radical (unpaired) electrons. The van der Waals surface area contributed by atoms with Crippen LogP contribution in [0.25, 0.3) is 0 Å². The standard InChI is InChI=1S/C10H16N6/c1-10(5-6-10)16(13)9(15-12)7-3-2-4-8(11)14-7/h2-4H,5-6,12-13H2,1H3,(H2,11,14)/b15-9-. The van der Waals surface area contributed by atoms with Gasteiger partial charge in [0.2, 0.25) is 0 Å². The van der Waals surface area contributed by atoms with Crippen LogP contribution < -0.4 is 17.4 Å². The Hall–Kier alpha value is -1.82. The van der Waals surface area contributed by atoms with E-state index in [4.69, 9.17) is 17.4 Å². The molecule has 1 fully saturated rings. The second kappa shape index (κ2) is 3.64. The molecule has 6 heteroatoms. The van der Waals surface area contributed by atoms with Gasteiger partial charge in [-0.3, -0.25) is 5.01 Å². The molecule has 0 amide bonds. The number of rotatable bonds is 2. The fourth-order valence-corrected chi connectivity index (χ4v) is 1.51. The average Bonchev–Trinajstić information content (AvgIpc) is 2.99. The maximum Gasteiger partial charge on any atom is 0.188 e. The molecular formula is C10H16N6. The minimum absolute atomic E-state index is 0.0511. The van der Waals surface area contributed by atoms with Crippen LogP contribution in [0.15, 0.2) is 23.3 Å². The van der Waals surface area contributed by atoms with E-state index in [0.29, 0.717) is 17.3 Å². The Morgan fingerprint density at radius 2 is 2.19 bits per heavy atom. The first-order chi connectivity index (χ1) is 7.57. The van der Waals surface area contributed by atoms with Gasteiger partial charge in [-0.2, -0.15) is 5.10 Å². The summed E-state index contributed by atoms with van der Waals surface area (Å²) in [6, 6.07) is 5.29. The summed E-state index contributed by atoms with van der Waals surface area (Å²) in [5, 5.41) is 5.28. The zero-order chi connectivity index (χ0) is 11.8. The summed E-state index contributed by atoms with van der Waals surface area (Å²) in [4.78, 5) is 4.15. The Morgan fingerprint density at radius 3 is 2.69 bits per heavy atom. The average molecular weight is 220 g/mol. The molecule has 6 N–H and O–H groups in total. The van der Waals surface area contributed by atoms with Gasteiger partial charge in [0.25, 0.3) is 0 Å². The molecule has 0 bridgehead atoms. The van der Waals surface area contributed by atoms with Gasteiger partial charge >= 0.3 is 0 Å². The predicted molar refractivity (Wildman–Crippen MR) is 63.0 cm³/mol. The summed E-state index contributed by atoms with van der Waals surface area (Å²) >= 11 is 0. The van der Waals surface area contributed by atoms with Gasteiger partial charge in [-0.25, -0.2) is 10.8 Å². The van der Waals surface area contributed by atoms with Gasteiger partial charge in [-0.15, -0.1) is 0 Å². The third-order valence-corrected chi connectivity index (χ3v) is 2.91. The van der Waals surface area contributed by atoms with Gasteiger partial charge in [-0.05, 0) is 31.9 Å². The lowest BCUT2D eigenvalue weighted by Crippen LogP contribution is -2.47. The minimum Gasteiger partial charge on any atom is -0.384 e. The van der Waals surface area contributed by atoms with Crippen LogP contribution in [0.1, 0.15) is 25.5 Å². The number of nitrogen functional groups attached to an aromatic ring is 1. The summed E-state index contributed by atoms with van der Waals surface area (Å²) in [7, 11) is 0. The van der Waals surface area contributed by atoms with Crippen molar-refractivity contribution in [1.82, 2.24) is 9.99 Å². The molecule has 2 rings (SSSR count). The van der Waals surface area contributed by atoms with Crippen molar-refractivity contribution >= 4 is 11.7 Å².